The van der Waals surface area contributed by atoms with Gasteiger partial charge < -0.3 is 14.8 Å². The number of nitrogens with zero attached hydrogens (tertiary/aromatic N) is 1. The number of sulfonamides is 1. The van der Waals surface area contributed by atoms with Crippen molar-refractivity contribution < 1.29 is 22.3 Å². The van der Waals surface area contributed by atoms with Crippen LogP contribution in [0.1, 0.15) is 12.8 Å². The van der Waals surface area contributed by atoms with Crippen LogP contribution < -0.4 is 14.8 Å². The van der Waals surface area contributed by atoms with E-state index in [9.17, 15) is 12.8 Å². The van der Waals surface area contributed by atoms with E-state index in [1.165, 1.54) is 31.6 Å². The van der Waals surface area contributed by atoms with Gasteiger partial charge >= 0.3 is 0 Å². The minimum atomic E-state index is -3.93. The maximum absolute atomic E-state index is 14.2. The standard InChI is InChI=1S/C14H21FN2O4S.ClH/c1-17(10-4-6-16-7-5-10)22(18,19)14-9-13(21-3)12(20-2)8-11(14)15;/h8-10,16H,4-7H2,1-3H3;1H. The highest BCUT2D eigenvalue weighted by Gasteiger charge is 2.32. The van der Waals surface area contributed by atoms with Gasteiger partial charge in [0.25, 0.3) is 0 Å². The zero-order valence-electron chi connectivity index (χ0n) is 13.3. The molecule has 1 N–H and O–H groups in total. The van der Waals surface area contributed by atoms with E-state index in [1.54, 1.807) is 0 Å². The molecule has 1 aromatic rings. The predicted octanol–water partition coefficient (Wildman–Crippen LogP) is 1.64. The second-order valence-corrected chi connectivity index (χ2v) is 7.11. The Bertz CT molecular complexity index is 636. The fraction of sp³-hybridized carbons (Fsp3) is 0.571. The van der Waals surface area contributed by atoms with Gasteiger partial charge in [0.05, 0.1) is 14.2 Å². The number of methoxy groups -OCH3 is 2. The minimum absolute atomic E-state index is 0. The van der Waals surface area contributed by atoms with E-state index < -0.39 is 20.7 Å². The smallest absolute Gasteiger partial charge is 0.246 e. The first-order chi connectivity index (χ1) is 10.4. The molecule has 0 aromatic heterocycles. The number of benzene rings is 1. The summed E-state index contributed by atoms with van der Waals surface area (Å²) < 4.78 is 50.9. The van der Waals surface area contributed by atoms with E-state index in [0.717, 1.165) is 19.2 Å². The summed E-state index contributed by atoms with van der Waals surface area (Å²) in [6.45, 7) is 1.50. The quantitative estimate of drug-likeness (QED) is 0.855. The Morgan fingerprint density at radius 1 is 1.17 bits per heavy atom. The van der Waals surface area contributed by atoms with E-state index in [1.807, 2.05) is 0 Å². The van der Waals surface area contributed by atoms with Crippen molar-refractivity contribution in [3.8, 4) is 11.5 Å². The van der Waals surface area contributed by atoms with E-state index in [4.69, 9.17) is 9.47 Å². The molecule has 2 rings (SSSR count). The summed E-state index contributed by atoms with van der Waals surface area (Å²) in [7, 11) is 0.301. The van der Waals surface area contributed by atoms with Crippen LogP contribution in [0.5, 0.6) is 11.5 Å². The SMILES string of the molecule is COc1cc(F)c(S(=O)(=O)N(C)C2CCNCC2)cc1OC.Cl. The molecule has 1 aliphatic heterocycles. The predicted molar refractivity (Wildman–Crippen MR) is 87.6 cm³/mol. The Morgan fingerprint density at radius 3 is 2.22 bits per heavy atom. The number of hydrogen-bond acceptors (Lipinski definition) is 5. The summed E-state index contributed by atoms with van der Waals surface area (Å²) in [5, 5.41) is 3.17. The van der Waals surface area contributed by atoms with Gasteiger partial charge in [-0.3, -0.25) is 0 Å². The Labute approximate surface area is 142 Å². The molecule has 0 radical (unpaired) electrons. The molecule has 1 heterocycles. The van der Waals surface area contributed by atoms with Crippen molar-refractivity contribution in [1.29, 1.82) is 0 Å². The Hall–Kier alpha value is -1.09. The fourth-order valence-electron chi connectivity index (χ4n) is 2.55. The number of ether oxygens (including phenoxy) is 2. The molecule has 0 bridgehead atoms. The van der Waals surface area contributed by atoms with Crippen LogP contribution in [0, 0.1) is 5.82 Å². The molecule has 1 aromatic carbocycles. The van der Waals surface area contributed by atoms with Crippen molar-refractivity contribution in [1.82, 2.24) is 9.62 Å². The maximum atomic E-state index is 14.2. The van der Waals surface area contributed by atoms with Crippen LogP contribution in [0.2, 0.25) is 0 Å². The number of nitrogens with one attached hydrogen (secondary N) is 1. The number of piperidine rings is 1. The zero-order chi connectivity index (χ0) is 16.3. The van der Waals surface area contributed by atoms with Crippen LogP contribution in [-0.4, -0.2) is 53.1 Å². The molecule has 1 aliphatic rings. The summed E-state index contributed by atoms with van der Waals surface area (Å²) in [5.41, 5.74) is 0. The van der Waals surface area contributed by atoms with Crippen molar-refractivity contribution in [3.63, 3.8) is 0 Å². The van der Waals surface area contributed by atoms with Crippen molar-refractivity contribution in [2.24, 2.45) is 0 Å². The van der Waals surface area contributed by atoms with Crippen molar-refractivity contribution in [2.75, 3.05) is 34.4 Å². The number of hydrogen-bond donors (Lipinski definition) is 1. The molecule has 6 nitrogen and oxygen atoms in total. The molecule has 0 atom stereocenters. The average molecular weight is 369 g/mol. The molecule has 23 heavy (non-hydrogen) atoms. The summed E-state index contributed by atoms with van der Waals surface area (Å²) in [4.78, 5) is -0.397. The summed E-state index contributed by atoms with van der Waals surface area (Å²) in [6.07, 6.45) is 1.40. The van der Waals surface area contributed by atoms with E-state index in [-0.39, 0.29) is 29.9 Å². The first-order valence-electron chi connectivity index (χ1n) is 7.02. The Kier molecular flexibility index (Phi) is 7.06. The molecule has 1 fully saturated rings. The van der Waals surface area contributed by atoms with Gasteiger partial charge in [-0.25, -0.2) is 12.8 Å². The molecule has 1 saturated heterocycles. The van der Waals surface area contributed by atoms with E-state index in [2.05, 4.69) is 5.32 Å². The second-order valence-electron chi connectivity index (χ2n) is 5.14. The average Bonchev–Trinajstić information content (AvgIpc) is 2.54. The van der Waals surface area contributed by atoms with Gasteiger partial charge in [0.1, 0.15) is 10.7 Å². The number of rotatable bonds is 5. The molecule has 9 heteroatoms. The summed E-state index contributed by atoms with van der Waals surface area (Å²) >= 11 is 0. The maximum Gasteiger partial charge on any atom is 0.246 e. The molecule has 132 valence electrons. The highest BCUT2D eigenvalue weighted by atomic mass is 35.5. The molecular formula is C14H22ClFN2O4S. The van der Waals surface area contributed by atoms with Gasteiger partial charge in [-0.1, -0.05) is 0 Å². The largest absolute Gasteiger partial charge is 0.493 e. The molecular weight excluding hydrogens is 347 g/mol. The second kappa shape index (κ2) is 8.14. The minimum Gasteiger partial charge on any atom is -0.493 e. The third kappa shape index (κ3) is 4.06. The van der Waals surface area contributed by atoms with Crippen molar-refractivity contribution in [2.45, 2.75) is 23.8 Å². The molecule has 0 aliphatic carbocycles. The van der Waals surface area contributed by atoms with E-state index >= 15 is 0 Å². The topological polar surface area (TPSA) is 67.9 Å². The lowest BCUT2D eigenvalue weighted by molar-refractivity contribution is 0.295. The Balaban J connectivity index is 0.00000264. The third-order valence-corrected chi connectivity index (χ3v) is 5.84. The molecule has 0 unspecified atom stereocenters. The van der Waals surface area contributed by atoms with Crippen LogP contribution in [0.25, 0.3) is 0 Å². The van der Waals surface area contributed by atoms with Crippen LogP contribution in [0.15, 0.2) is 17.0 Å². The molecule has 0 spiro atoms. The summed E-state index contributed by atoms with van der Waals surface area (Å²) in [6, 6.07) is 2.06. The normalized spacial score (nSPS) is 16.0. The lowest BCUT2D eigenvalue weighted by atomic mass is 10.1. The van der Waals surface area contributed by atoms with Gasteiger partial charge in [-0.2, -0.15) is 4.31 Å². The van der Waals surface area contributed by atoms with Crippen molar-refractivity contribution >= 4 is 22.4 Å². The zero-order valence-corrected chi connectivity index (χ0v) is 15.0. The van der Waals surface area contributed by atoms with Gasteiger partial charge in [0, 0.05) is 25.2 Å². The highest BCUT2D eigenvalue weighted by Crippen LogP contribution is 2.33. The lowest BCUT2D eigenvalue weighted by Gasteiger charge is -2.31. The van der Waals surface area contributed by atoms with Gasteiger partial charge in [-0.05, 0) is 25.9 Å². The van der Waals surface area contributed by atoms with Crippen LogP contribution >= 0.6 is 12.4 Å². The third-order valence-electron chi connectivity index (χ3n) is 3.92. The lowest BCUT2D eigenvalue weighted by Crippen LogP contribution is -2.44. The van der Waals surface area contributed by atoms with Crippen LogP contribution in [-0.2, 0) is 10.0 Å². The van der Waals surface area contributed by atoms with Gasteiger partial charge in [0.2, 0.25) is 10.0 Å². The first-order valence-corrected chi connectivity index (χ1v) is 8.46. The fourth-order valence-corrected chi connectivity index (χ4v) is 4.03. The van der Waals surface area contributed by atoms with Gasteiger partial charge in [0.15, 0.2) is 11.5 Å². The van der Waals surface area contributed by atoms with Crippen molar-refractivity contribution in [3.05, 3.63) is 17.9 Å². The monoisotopic (exact) mass is 368 g/mol. The first kappa shape index (κ1) is 20.0. The Morgan fingerprint density at radius 2 is 1.70 bits per heavy atom. The highest BCUT2D eigenvalue weighted by molar-refractivity contribution is 7.89. The molecule has 0 amide bonds. The van der Waals surface area contributed by atoms with Crippen LogP contribution in [0.4, 0.5) is 4.39 Å². The van der Waals surface area contributed by atoms with E-state index in [0.29, 0.717) is 12.8 Å². The number of halogens is 2. The van der Waals surface area contributed by atoms with Gasteiger partial charge in [-0.15, -0.1) is 12.4 Å². The summed E-state index contributed by atoms with van der Waals surface area (Å²) in [5.74, 6) is -0.511. The van der Waals surface area contributed by atoms with Crippen LogP contribution in [0.3, 0.4) is 0 Å². The molecule has 0 saturated carbocycles.